The highest BCUT2D eigenvalue weighted by Crippen LogP contribution is 2.69. The Hall–Kier alpha value is -0.0400. The fraction of sp³-hybridized carbons (Fsp3) is 1.00. The molecule has 0 aromatic rings. The average molecular weight is 154 g/mol. The maximum absolute atomic E-state index is 5.77. The van der Waals surface area contributed by atoms with Crippen LogP contribution in [0.1, 0.15) is 34.1 Å². The van der Waals surface area contributed by atoms with Crippen molar-refractivity contribution in [1.29, 1.82) is 0 Å². The van der Waals surface area contributed by atoms with Gasteiger partial charge in [-0.05, 0) is 32.1 Å². The molecule has 0 bridgehead atoms. The van der Waals surface area contributed by atoms with Gasteiger partial charge >= 0.3 is 0 Å². The summed E-state index contributed by atoms with van der Waals surface area (Å²) in [6.07, 6.45) is 1.40. The SMILES string of the molecule is CC(C)C12CC1COC2(C)C. The third-order valence-electron chi connectivity index (χ3n) is 3.95. The van der Waals surface area contributed by atoms with Crippen molar-refractivity contribution < 1.29 is 4.74 Å². The normalized spacial score (nSPS) is 46.1. The van der Waals surface area contributed by atoms with Gasteiger partial charge in [-0.2, -0.15) is 0 Å². The molecular formula is C10H18O. The van der Waals surface area contributed by atoms with Crippen LogP contribution in [-0.2, 0) is 4.74 Å². The summed E-state index contributed by atoms with van der Waals surface area (Å²) in [5.41, 5.74) is 0.679. The van der Waals surface area contributed by atoms with E-state index in [1.165, 1.54) is 6.42 Å². The standard InChI is InChI=1S/C10H18O/c1-7(2)10-5-8(10)6-11-9(10,3)4/h7-8H,5-6H2,1-4H3. The van der Waals surface area contributed by atoms with Gasteiger partial charge in [-0.25, -0.2) is 0 Å². The van der Waals surface area contributed by atoms with Crippen molar-refractivity contribution in [2.45, 2.75) is 39.7 Å². The summed E-state index contributed by atoms with van der Waals surface area (Å²) in [6, 6.07) is 0. The summed E-state index contributed by atoms with van der Waals surface area (Å²) in [5.74, 6) is 1.66. The van der Waals surface area contributed by atoms with Gasteiger partial charge in [0, 0.05) is 5.41 Å². The molecule has 2 atom stereocenters. The molecule has 1 saturated heterocycles. The first-order valence-electron chi connectivity index (χ1n) is 4.64. The second-order valence-corrected chi connectivity index (χ2v) is 4.92. The van der Waals surface area contributed by atoms with Gasteiger partial charge in [-0.3, -0.25) is 0 Å². The van der Waals surface area contributed by atoms with Crippen LogP contribution in [-0.4, -0.2) is 12.2 Å². The Balaban J connectivity index is 2.27. The van der Waals surface area contributed by atoms with E-state index in [1.54, 1.807) is 0 Å². The molecule has 0 N–H and O–H groups in total. The Kier molecular flexibility index (Phi) is 1.26. The molecule has 2 unspecified atom stereocenters. The fourth-order valence-corrected chi connectivity index (χ4v) is 3.14. The molecule has 64 valence electrons. The van der Waals surface area contributed by atoms with Crippen molar-refractivity contribution in [2.24, 2.45) is 17.3 Å². The van der Waals surface area contributed by atoms with Crippen molar-refractivity contribution in [3.05, 3.63) is 0 Å². The highest BCUT2D eigenvalue weighted by molar-refractivity contribution is 5.16. The number of hydrogen-bond donors (Lipinski definition) is 0. The first-order chi connectivity index (χ1) is 5.01. The Labute approximate surface area is 69.1 Å². The minimum Gasteiger partial charge on any atom is -0.375 e. The summed E-state index contributed by atoms with van der Waals surface area (Å²) in [5, 5.41) is 0. The Morgan fingerprint density at radius 1 is 1.36 bits per heavy atom. The van der Waals surface area contributed by atoms with Gasteiger partial charge in [-0.1, -0.05) is 13.8 Å². The third-order valence-corrected chi connectivity index (χ3v) is 3.95. The monoisotopic (exact) mass is 154 g/mol. The lowest BCUT2D eigenvalue weighted by molar-refractivity contribution is -0.0374. The van der Waals surface area contributed by atoms with Crippen LogP contribution in [0.25, 0.3) is 0 Å². The predicted molar refractivity (Wildman–Crippen MR) is 45.4 cm³/mol. The summed E-state index contributed by atoms with van der Waals surface area (Å²) >= 11 is 0. The molecule has 2 aliphatic rings. The fourth-order valence-electron chi connectivity index (χ4n) is 3.14. The van der Waals surface area contributed by atoms with Crippen molar-refractivity contribution in [3.63, 3.8) is 0 Å². The zero-order valence-corrected chi connectivity index (χ0v) is 7.98. The first-order valence-corrected chi connectivity index (χ1v) is 4.64. The Bertz CT molecular complexity index is 179. The van der Waals surface area contributed by atoms with E-state index in [9.17, 15) is 0 Å². The Morgan fingerprint density at radius 2 is 2.00 bits per heavy atom. The summed E-state index contributed by atoms with van der Waals surface area (Å²) in [6.45, 7) is 10.2. The maximum Gasteiger partial charge on any atom is 0.0688 e. The van der Waals surface area contributed by atoms with Gasteiger partial charge in [0.25, 0.3) is 0 Å². The number of hydrogen-bond acceptors (Lipinski definition) is 1. The second kappa shape index (κ2) is 1.82. The van der Waals surface area contributed by atoms with Gasteiger partial charge in [0.05, 0.1) is 12.2 Å². The molecular weight excluding hydrogens is 136 g/mol. The molecule has 2 rings (SSSR count). The van der Waals surface area contributed by atoms with E-state index in [0.717, 1.165) is 18.4 Å². The van der Waals surface area contributed by atoms with E-state index in [-0.39, 0.29) is 5.60 Å². The van der Waals surface area contributed by atoms with Crippen LogP contribution in [0.2, 0.25) is 0 Å². The van der Waals surface area contributed by atoms with E-state index in [1.807, 2.05) is 0 Å². The lowest BCUT2D eigenvalue weighted by Crippen LogP contribution is -2.35. The molecule has 0 aromatic carbocycles. The maximum atomic E-state index is 5.77. The van der Waals surface area contributed by atoms with Gasteiger partial charge in [0.1, 0.15) is 0 Å². The lowest BCUT2D eigenvalue weighted by Gasteiger charge is -2.33. The zero-order chi connectivity index (χ0) is 8.28. The second-order valence-electron chi connectivity index (χ2n) is 4.92. The molecule has 2 fully saturated rings. The van der Waals surface area contributed by atoms with Crippen molar-refractivity contribution in [3.8, 4) is 0 Å². The van der Waals surface area contributed by atoms with Crippen LogP contribution in [0.3, 0.4) is 0 Å². The number of rotatable bonds is 1. The van der Waals surface area contributed by atoms with Crippen molar-refractivity contribution in [2.75, 3.05) is 6.61 Å². The molecule has 1 saturated carbocycles. The highest BCUT2D eigenvalue weighted by Gasteiger charge is 2.69. The molecule has 11 heavy (non-hydrogen) atoms. The van der Waals surface area contributed by atoms with Gasteiger partial charge in [0.2, 0.25) is 0 Å². The summed E-state index contributed by atoms with van der Waals surface area (Å²) in [4.78, 5) is 0. The molecule has 0 amide bonds. The smallest absolute Gasteiger partial charge is 0.0688 e. The van der Waals surface area contributed by atoms with Crippen molar-refractivity contribution in [1.82, 2.24) is 0 Å². The van der Waals surface area contributed by atoms with E-state index in [2.05, 4.69) is 27.7 Å². The molecule has 0 aromatic heterocycles. The highest BCUT2D eigenvalue weighted by atomic mass is 16.5. The lowest BCUT2D eigenvalue weighted by atomic mass is 9.78. The molecule has 1 heteroatoms. The van der Waals surface area contributed by atoms with Gasteiger partial charge < -0.3 is 4.74 Å². The first kappa shape index (κ1) is 7.60. The van der Waals surface area contributed by atoms with Crippen molar-refractivity contribution >= 4 is 0 Å². The molecule has 1 aliphatic heterocycles. The third kappa shape index (κ3) is 0.703. The van der Waals surface area contributed by atoms with Crippen LogP contribution < -0.4 is 0 Å². The molecule has 1 aliphatic carbocycles. The van der Waals surface area contributed by atoms with Crippen LogP contribution in [0.5, 0.6) is 0 Å². The van der Waals surface area contributed by atoms with Crippen LogP contribution >= 0.6 is 0 Å². The number of ether oxygens (including phenoxy) is 1. The molecule has 1 heterocycles. The van der Waals surface area contributed by atoms with E-state index in [0.29, 0.717) is 5.41 Å². The minimum absolute atomic E-state index is 0.145. The summed E-state index contributed by atoms with van der Waals surface area (Å²) in [7, 11) is 0. The summed E-state index contributed by atoms with van der Waals surface area (Å²) < 4.78 is 5.77. The number of fused-ring (bicyclic) bond motifs is 1. The zero-order valence-electron chi connectivity index (χ0n) is 7.98. The molecule has 1 nitrogen and oxygen atoms in total. The van der Waals surface area contributed by atoms with Crippen LogP contribution in [0, 0.1) is 17.3 Å². The Morgan fingerprint density at radius 3 is 2.18 bits per heavy atom. The van der Waals surface area contributed by atoms with E-state index in [4.69, 9.17) is 4.74 Å². The van der Waals surface area contributed by atoms with Gasteiger partial charge in [0.15, 0.2) is 0 Å². The predicted octanol–water partition coefficient (Wildman–Crippen LogP) is 2.46. The van der Waals surface area contributed by atoms with Crippen LogP contribution in [0.15, 0.2) is 0 Å². The molecule has 0 radical (unpaired) electrons. The largest absolute Gasteiger partial charge is 0.375 e. The van der Waals surface area contributed by atoms with Crippen LogP contribution in [0.4, 0.5) is 0 Å². The topological polar surface area (TPSA) is 9.23 Å². The van der Waals surface area contributed by atoms with E-state index >= 15 is 0 Å². The minimum atomic E-state index is 0.145. The van der Waals surface area contributed by atoms with Gasteiger partial charge in [-0.15, -0.1) is 0 Å². The quantitative estimate of drug-likeness (QED) is 0.563. The molecule has 0 spiro atoms. The van der Waals surface area contributed by atoms with E-state index < -0.39 is 0 Å². The average Bonchev–Trinajstić information content (AvgIpc) is 2.53.